The van der Waals surface area contributed by atoms with Gasteiger partial charge in [0.1, 0.15) is 5.82 Å². The van der Waals surface area contributed by atoms with Crippen molar-refractivity contribution in [1.82, 2.24) is 5.32 Å². The zero-order valence-corrected chi connectivity index (χ0v) is 12.6. The third kappa shape index (κ3) is 4.70. The third-order valence-corrected chi connectivity index (χ3v) is 3.32. The maximum atomic E-state index is 13.0. The van der Waals surface area contributed by atoms with Crippen molar-refractivity contribution in [2.24, 2.45) is 0 Å². The number of nitrogen functional groups attached to an aromatic ring is 1. The van der Waals surface area contributed by atoms with Gasteiger partial charge in [-0.05, 0) is 34.8 Å². The Labute approximate surface area is 120 Å². The zero-order chi connectivity index (χ0) is 14.4. The Hall–Kier alpha value is -1.30. The largest absolute Gasteiger partial charge is 0.480 e. The standard InChI is InChI=1S/C13H18BrFN2O2/c1-3-9(4-2)17-12(18)7-19-13-10(14)5-8(15)6-11(13)16/h5-6,9H,3-4,7,16H2,1-2H3,(H,17,18). The molecule has 19 heavy (non-hydrogen) atoms. The molecule has 0 fully saturated rings. The first-order valence-corrected chi connectivity index (χ1v) is 6.93. The first kappa shape index (κ1) is 15.8. The van der Waals surface area contributed by atoms with Crippen LogP contribution in [0.2, 0.25) is 0 Å². The Bertz CT molecular complexity index is 427. The number of nitrogens with two attached hydrogens (primary N) is 1. The second-order valence-corrected chi connectivity index (χ2v) is 5.03. The Balaban J connectivity index is 2.60. The number of nitrogens with one attached hydrogen (secondary N) is 1. The summed E-state index contributed by atoms with van der Waals surface area (Å²) in [7, 11) is 0. The van der Waals surface area contributed by atoms with Gasteiger partial charge in [-0.1, -0.05) is 13.8 Å². The van der Waals surface area contributed by atoms with Gasteiger partial charge in [0.25, 0.3) is 5.91 Å². The molecule has 1 amide bonds. The molecule has 0 saturated heterocycles. The van der Waals surface area contributed by atoms with E-state index in [1.165, 1.54) is 6.07 Å². The van der Waals surface area contributed by atoms with Crippen LogP contribution < -0.4 is 15.8 Å². The van der Waals surface area contributed by atoms with E-state index in [-0.39, 0.29) is 30.0 Å². The highest BCUT2D eigenvalue weighted by Crippen LogP contribution is 2.32. The maximum absolute atomic E-state index is 13.0. The Morgan fingerprint density at radius 3 is 2.63 bits per heavy atom. The highest BCUT2D eigenvalue weighted by Gasteiger charge is 2.12. The molecule has 0 unspecified atom stereocenters. The first-order chi connectivity index (χ1) is 8.97. The van der Waals surface area contributed by atoms with Crippen molar-refractivity contribution in [2.45, 2.75) is 32.7 Å². The van der Waals surface area contributed by atoms with Gasteiger partial charge in [-0.15, -0.1) is 0 Å². The predicted octanol–water partition coefficient (Wildman–Crippen LogP) is 2.85. The van der Waals surface area contributed by atoms with E-state index in [0.717, 1.165) is 18.9 Å². The molecule has 106 valence electrons. The van der Waals surface area contributed by atoms with Crippen molar-refractivity contribution in [2.75, 3.05) is 12.3 Å². The van der Waals surface area contributed by atoms with Crippen LogP contribution in [0.4, 0.5) is 10.1 Å². The van der Waals surface area contributed by atoms with E-state index < -0.39 is 5.82 Å². The molecule has 1 aromatic rings. The molecule has 0 radical (unpaired) electrons. The molecule has 1 aromatic carbocycles. The lowest BCUT2D eigenvalue weighted by atomic mass is 10.2. The molecule has 1 rings (SSSR count). The van der Waals surface area contributed by atoms with Crippen molar-refractivity contribution >= 4 is 27.5 Å². The van der Waals surface area contributed by atoms with E-state index in [4.69, 9.17) is 10.5 Å². The molecule has 0 bridgehead atoms. The lowest BCUT2D eigenvalue weighted by molar-refractivity contribution is -0.123. The minimum absolute atomic E-state index is 0.144. The number of benzene rings is 1. The molecule has 0 aliphatic heterocycles. The highest BCUT2D eigenvalue weighted by molar-refractivity contribution is 9.10. The van der Waals surface area contributed by atoms with Gasteiger partial charge in [0.15, 0.2) is 12.4 Å². The van der Waals surface area contributed by atoms with Crippen LogP contribution in [0.25, 0.3) is 0 Å². The van der Waals surface area contributed by atoms with Gasteiger partial charge in [-0.2, -0.15) is 0 Å². The van der Waals surface area contributed by atoms with Crippen LogP contribution in [-0.2, 0) is 4.79 Å². The molecule has 0 aliphatic rings. The number of hydrogen-bond acceptors (Lipinski definition) is 3. The number of anilines is 1. The Morgan fingerprint density at radius 1 is 1.47 bits per heavy atom. The quantitative estimate of drug-likeness (QED) is 0.787. The summed E-state index contributed by atoms with van der Waals surface area (Å²) in [6.45, 7) is 3.86. The molecule has 0 spiro atoms. The number of amides is 1. The Morgan fingerprint density at radius 2 is 2.11 bits per heavy atom. The molecule has 0 heterocycles. The fourth-order valence-electron chi connectivity index (χ4n) is 1.63. The monoisotopic (exact) mass is 332 g/mol. The predicted molar refractivity (Wildman–Crippen MR) is 76.5 cm³/mol. The molecule has 0 saturated carbocycles. The van der Waals surface area contributed by atoms with Gasteiger partial charge >= 0.3 is 0 Å². The number of carbonyl (C=O) groups excluding carboxylic acids is 1. The van der Waals surface area contributed by atoms with Gasteiger partial charge in [-0.25, -0.2) is 4.39 Å². The SMILES string of the molecule is CCC(CC)NC(=O)COc1c(N)cc(F)cc1Br. The summed E-state index contributed by atoms with van der Waals surface area (Å²) >= 11 is 3.15. The van der Waals surface area contributed by atoms with Crippen molar-refractivity contribution in [1.29, 1.82) is 0 Å². The average Bonchev–Trinajstić information content (AvgIpc) is 2.34. The third-order valence-electron chi connectivity index (χ3n) is 2.74. The molecular formula is C13H18BrFN2O2. The van der Waals surface area contributed by atoms with Gasteiger partial charge in [-0.3, -0.25) is 4.79 Å². The van der Waals surface area contributed by atoms with Crippen molar-refractivity contribution in [3.63, 3.8) is 0 Å². The highest BCUT2D eigenvalue weighted by atomic mass is 79.9. The van der Waals surface area contributed by atoms with Crippen LogP contribution in [0, 0.1) is 5.82 Å². The van der Waals surface area contributed by atoms with Crippen LogP contribution in [0.15, 0.2) is 16.6 Å². The topological polar surface area (TPSA) is 64.3 Å². The summed E-state index contributed by atoms with van der Waals surface area (Å²) in [5, 5.41) is 2.84. The molecule has 0 aliphatic carbocycles. The van der Waals surface area contributed by atoms with E-state index in [0.29, 0.717) is 4.47 Å². The smallest absolute Gasteiger partial charge is 0.258 e. The van der Waals surface area contributed by atoms with Crippen molar-refractivity contribution < 1.29 is 13.9 Å². The van der Waals surface area contributed by atoms with Crippen LogP contribution >= 0.6 is 15.9 Å². The molecular weight excluding hydrogens is 315 g/mol. The van der Waals surface area contributed by atoms with Crippen LogP contribution in [0.1, 0.15) is 26.7 Å². The minimum atomic E-state index is -0.460. The van der Waals surface area contributed by atoms with Crippen LogP contribution in [-0.4, -0.2) is 18.6 Å². The summed E-state index contributed by atoms with van der Waals surface area (Å²) in [6, 6.07) is 2.54. The van der Waals surface area contributed by atoms with Gasteiger partial charge in [0, 0.05) is 12.1 Å². The normalized spacial score (nSPS) is 10.6. The summed E-state index contributed by atoms with van der Waals surface area (Å²) < 4.78 is 18.7. The van der Waals surface area contributed by atoms with Gasteiger partial charge in [0.05, 0.1) is 10.2 Å². The fraction of sp³-hybridized carbons (Fsp3) is 0.462. The lowest BCUT2D eigenvalue weighted by Crippen LogP contribution is -2.37. The second-order valence-electron chi connectivity index (χ2n) is 4.18. The zero-order valence-electron chi connectivity index (χ0n) is 11.0. The average molecular weight is 333 g/mol. The van der Waals surface area contributed by atoms with Gasteiger partial charge in [0.2, 0.25) is 0 Å². The summed E-state index contributed by atoms with van der Waals surface area (Å²) in [6.07, 6.45) is 1.73. The maximum Gasteiger partial charge on any atom is 0.258 e. The van der Waals surface area contributed by atoms with Crippen molar-refractivity contribution in [3.05, 3.63) is 22.4 Å². The number of hydrogen-bond donors (Lipinski definition) is 2. The van der Waals surface area contributed by atoms with E-state index in [1.54, 1.807) is 0 Å². The minimum Gasteiger partial charge on any atom is -0.480 e. The van der Waals surface area contributed by atoms with Gasteiger partial charge < -0.3 is 15.8 Å². The molecule has 0 atom stereocenters. The molecule has 0 aromatic heterocycles. The first-order valence-electron chi connectivity index (χ1n) is 6.14. The van der Waals surface area contributed by atoms with E-state index in [2.05, 4.69) is 21.2 Å². The molecule has 6 heteroatoms. The van der Waals surface area contributed by atoms with E-state index in [9.17, 15) is 9.18 Å². The summed E-state index contributed by atoms with van der Waals surface area (Å²) in [5.41, 5.74) is 5.79. The van der Waals surface area contributed by atoms with E-state index >= 15 is 0 Å². The number of ether oxygens (including phenoxy) is 1. The number of carbonyl (C=O) groups is 1. The van der Waals surface area contributed by atoms with Crippen LogP contribution in [0.3, 0.4) is 0 Å². The fourth-order valence-corrected chi connectivity index (χ4v) is 2.19. The second kappa shape index (κ2) is 7.33. The van der Waals surface area contributed by atoms with Crippen molar-refractivity contribution in [3.8, 4) is 5.75 Å². The lowest BCUT2D eigenvalue weighted by Gasteiger charge is -2.16. The molecule has 3 N–H and O–H groups in total. The Kier molecular flexibility index (Phi) is 6.08. The molecule has 4 nitrogen and oxygen atoms in total. The van der Waals surface area contributed by atoms with Crippen LogP contribution in [0.5, 0.6) is 5.75 Å². The number of halogens is 2. The summed E-state index contributed by atoms with van der Waals surface area (Å²) in [5.74, 6) is -0.399. The number of rotatable bonds is 6. The summed E-state index contributed by atoms with van der Waals surface area (Å²) in [4.78, 5) is 11.7. The van der Waals surface area contributed by atoms with E-state index in [1.807, 2.05) is 13.8 Å².